The van der Waals surface area contributed by atoms with Gasteiger partial charge in [-0.1, -0.05) is 6.92 Å². The summed E-state index contributed by atoms with van der Waals surface area (Å²) in [7, 11) is 0. The fourth-order valence-corrected chi connectivity index (χ4v) is 1.40. The minimum absolute atomic E-state index is 0.497. The summed E-state index contributed by atoms with van der Waals surface area (Å²) < 4.78 is 0. The second-order valence-electron chi connectivity index (χ2n) is 2.91. The van der Waals surface area contributed by atoms with E-state index in [2.05, 4.69) is 0 Å². The van der Waals surface area contributed by atoms with Crippen LogP contribution in [0.1, 0.15) is 26.2 Å². The van der Waals surface area contributed by atoms with Gasteiger partial charge in [-0.25, -0.2) is 0 Å². The first kappa shape index (κ1) is 11.8. The van der Waals surface area contributed by atoms with Crippen LogP contribution in [0.4, 0.5) is 0 Å². The second-order valence-corrected chi connectivity index (χ2v) is 3.90. The van der Waals surface area contributed by atoms with E-state index in [1.165, 1.54) is 0 Å². The monoisotopic (exact) mass is 191 g/mol. The van der Waals surface area contributed by atoms with Crippen LogP contribution in [-0.2, 0) is 4.79 Å². The number of thioether (sulfide) groups is 1. The molecule has 0 fully saturated rings. The summed E-state index contributed by atoms with van der Waals surface area (Å²) in [5.41, 5.74) is 4.67. The highest BCUT2D eigenvalue weighted by Crippen LogP contribution is 2.15. The van der Waals surface area contributed by atoms with E-state index < -0.39 is 11.5 Å². The molecule has 0 aliphatic carbocycles. The van der Waals surface area contributed by atoms with Crippen molar-refractivity contribution in [2.24, 2.45) is 5.73 Å². The average Bonchev–Trinajstić information content (AvgIpc) is 2.04. The Morgan fingerprint density at radius 3 is 2.58 bits per heavy atom. The number of rotatable bonds is 6. The summed E-state index contributed by atoms with van der Waals surface area (Å²) in [5.74, 6) is 0.0952. The lowest BCUT2D eigenvalue weighted by Crippen LogP contribution is -2.47. The van der Waals surface area contributed by atoms with Crippen molar-refractivity contribution in [3.05, 3.63) is 0 Å². The Labute approximate surface area is 77.7 Å². The maximum absolute atomic E-state index is 10.7. The predicted octanol–water partition coefficient (Wildman–Crippen LogP) is 1.32. The van der Waals surface area contributed by atoms with E-state index in [0.29, 0.717) is 12.8 Å². The molecule has 0 spiro atoms. The molecule has 3 N–H and O–H groups in total. The van der Waals surface area contributed by atoms with Gasteiger partial charge in [0.2, 0.25) is 0 Å². The number of carboxylic acids is 1. The zero-order valence-electron chi connectivity index (χ0n) is 7.67. The summed E-state index contributed by atoms with van der Waals surface area (Å²) in [5, 5.41) is 8.80. The minimum atomic E-state index is -1.00. The van der Waals surface area contributed by atoms with Gasteiger partial charge in [0.25, 0.3) is 0 Å². The third-order valence-electron chi connectivity index (χ3n) is 2.03. The summed E-state index contributed by atoms with van der Waals surface area (Å²) in [6.07, 6.45) is 3.94. The molecule has 0 aromatic rings. The van der Waals surface area contributed by atoms with Crippen LogP contribution in [0.15, 0.2) is 0 Å². The highest BCUT2D eigenvalue weighted by Gasteiger charge is 2.30. The SMILES string of the molecule is CCC(N)(CCCSC)C(=O)O. The first-order valence-corrected chi connectivity index (χ1v) is 5.47. The van der Waals surface area contributed by atoms with Gasteiger partial charge in [0.05, 0.1) is 0 Å². The van der Waals surface area contributed by atoms with E-state index in [1.54, 1.807) is 11.8 Å². The molecule has 0 heterocycles. The van der Waals surface area contributed by atoms with E-state index >= 15 is 0 Å². The molecule has 4 heteroatoms. The maximum Gasteiger partial charge on any atom is 0.323 e. The van der Waals surface area contributed by atoms with Gasteiger partial charge >= 0.3 is 5.97 Å². The van der Waals surface area contributed by atoms with Crippen LogP contribution in [0.5, 0.6) is 0 Å². The summed E-state index contributed by atoms with van der Waals surface area (Å²) in [4.78, 5) is 10.7. The lowest BCUT2D eigenvalue weighted by atomic mass is 9.92. The molecular formula is C8H17NO2S. The number of aliphatic carboxylic acids is 1. The Morgan fingerprint density at radius 1 is 1.67 bits per heavy atom. The molecule has 1 unspecified atom stereocenters. The molecule has 0 saturated heterocycles. The van der Waals surface area contributed by atoms with Gasteiger partial charge in [-0.15, -0.1) is 0 Å². The molecule has 0 rings (SSSR count). The molecule has 0 bridgehead atoms. The largest absolute Gasteiger partial charge is 0.480 e. The molecule has 1 atom stereocenters. The summed E-state index contributed by atoms with van der Waals surface area (Å²) in [6, 6.07) is 0. The fraction of sp³-hybridized carbons (Fsp3) is 0.875. The van der Waals surface area contributed by atoms with Crippen LogP contribution < -0.4 is 5.73 Å². The lowest BCUT2D eigenvalue weighted by molar-refractivity contribution is -0.143. The molecule has 3 nitrogen and oxygen atoms in total. The van der Waals surface area contributed by atoms with Crippen molar-refractivity contribution in [3.8, 4) is 0 Å². The minimum Gasteiger partial charge on any atom is -0.480 e. The smallest absolute Gasteiger partial charge is 0.323 e. The maximum atomic E-state index is 10.7. The van der Waals surface area contributed by atoms with Crippen molar-refractivity contribution < 1.29 is 9.90 Å². The summed E-state index contributed by atoms with van der Waals surface area (Å²) >= 11 is 1.72. The van der Waals surface area contributed by atoms with Gasteiger partial charge in [0.1, 0.15) is 5.54 Å². The molecule has 0 radical (unpaired) electrons. The predicted molar refractivity (Wildman–Crippen MR) is 52.5 cm³/mol. The van der Waals surface area contributed by atoms with Gasteiger partial charge in [-0.2, -0.15) is 11.8 Å². The van der Waals surface area contributed by atoms with Gasteiger partial charge in [-0.05, 0) is 31.3 Å². The highest BCUT2D eigenvalue weighted by molar-refractivity contribution is 7.98. The van der Waals surface area contributed by atoms with Crippen molar-refractivity contribution >= 4 is 17.7 Å². The lowest BCUT2D eigenvalue weighted by Gasteiger charge is -2.22. The first-order chi connectivity index (χ1) is 5.56. The van der Waals surface area contributed by atoms with E-state index in [-0.39, 0.29) is 0 Å². The molecule has 0 aromatic heterocycles. The Morgan fingerprint density at radius 2 is 2.25 bits per heavy atom. The van der Waals surface area contributed by atoms with Gasteiger partial charge in [-0.3, -0.25) is 4.79 Å². The van der Waals surface area contributed by atoms with Crippen LogP contribution in [0.25, 0.3) is 0 Å². The standard InChI is InChI=1S/C8H17NO2S/c1-3-8(9,7(10)11)5-4-6-12-2/h3-6,9H2,1-2H3,(H,10,11). The van der Waals surface area contributed by atoms with E-state index in [1.807, 2.05) is 13.2 Å². The molecule has 0 amide bonds. The van der Waals surface area contributed by atoms with Gasteiger partial charge < -0.3 is 10.8 Å². The van der Waals surface area contributed by atoms with Crippen LogP contribution in [0, 0.1) is 0 Å². The normalized spacial score (nSPS) is 15.6. The van der Waals surface area contributed by atoms with Crippen LogP contribution >= 0.6 is 11.8 Å². The van der Waals surface area contributed by atoms with Crippen molar-refractivity contribution in [2.45, 2.75) is 31.7 Å². The number of hydrogen-bond donors (Lipinski definition) is 2. The number of hydrogen-bond acceptors (Lipinski definition) is 3. The van der Waals surface area contributed by atoms with Crippen molar-refractivity contribution in [3.63, 3.8) is 0 Å². The molecule has 0 saturated carbocycles. The van der Waals surface area contributed by atoms with Crippen molar-refractivity contribution in [1.29, 1.82) is 0 Å². The molecule has 12 heavy (non-hydrogen) atoms. The molecule has 0 aromatic carbocycles. The zero-order chi connectivity index (χ0) is 9.61. The van der Waals surface area contributed by atoms with Crippen LogP contribution in [0.3, 0.4) is 0 Å². The quantitative estimate of drug-likeness (QED) is 0.622. The Bertz CT molecular complexity index is 152. The first-order valence-electron chi connectivity index (χ1n) is 4.08. The Hall–Kier alpha value is -0.220. The molecule has 0 aliphatic rings. The van der Waals surface area contributed by atoms with Gasteiger partial charge in [0.15, 0.2) is 0 Å². The Balaban J connectivity index is 3.88. The molecule has 0 aliphatic heterocycles. The van der Waals surface area contributed by atoms with E-state index in [9.17, 15) is 4.79 Å². The number of carbonyl (C=O) groups is 1. The molecular weight excluding hydrogens is 174 g/mol. The summed E-state index contributed by atoms with van der Waals surface area (Å²) in [6.45, 7) is 1.81. The Kier molecular flexibility index (Phi) is 5.33. The number of nitrogens with two attached hydrogens (primary N) is 1. The average molecular weight is 191 g/mol. The van der Waals surface area contributed by atoms with E-state index in [0.717, 1.165) is 12.2 Å². The third kappa shape index (κ3) is 3.45. The third-order valence-corrected chi connectivity index (χ3v) is 2.73. The second kappa shape index (κ2) is 5.43. The van der Waals surface area contributed by atoms with Gasteiger partial charge in [0, 0.05) is 0 Å². The fourth-order valence-electron chi connectivity index (χ4n) is 0.967. The molecule has 72 valence electrons. The van der Waals surface area contributed by atoms with Crippen molar-refractivity contribution in [1.82, 2.24) is 0 Å². The highest BCUT2D eigenvalue weighted by atomic mass is 32.2. The zero-order valence-corrected chi connectivity index (χ0v) is 8.49. The number of carboxylic acid groups (broad SMARTS) is 1. The van der Waals surface area contributed by atoms with Crippen LogP contribution in [-0.4, -0.2) is 28.6 Å². The van der Waals surface area contributed by atoms with Crippen molar-refractivity contribution in [2.75, 3.05) is 12.0 Å². The topological polar surface area (TPSA) is 63.3 Å². The van der Waals surface area contributed by atoms with Crippen LogP contribution in [0.2, 0.25) is 0 Å². The van der Waals surface area contributed by atoms with E-state index in [4.69, 9.17) is 10.8 Å².